The van der Waals surface area contributed by atoms with Gasteiger partial charge in [-0.25, -0.2) is 0 Å². The molecule has 0 spiro atoms. The van der Waals surface area contributed by atoms with Crippen LogP contribution in [0.2, 0.25) is 0 Å². The van der Waals surface area contributed by atoms with Crippen LogP contribution >= 0.6 is 0 Å². The molecule has 0 fully saturated rings. The molecule has 3 rings (SSSR count). The van der Waals surface area contributed by atoms with Crippen LogP contribution in [-0.4, -0.2) is 17.5 Å². The van der Waals surface area contributed by atoms with Crippen molar-refractivity contribution in [1.82, 2.24) is 4.98 Å². The van der Waals surface area contributed by atoms with Gasteiger partial charge in [0.05, 0.1) is 0 Å². The number of fused-ring (bicyclic) bond motifs is 1. The van der Waals surface area contributed by atoms with E-state index in [4.69, 9.17) is 5.73 Å². The molecule has 0 amide bonds. The van der Waals surface area contributed by atoms with Gasteiger partial charge in [0.2, 0.25) is 0 Å². The molecule has 1 heterocycles. The Bertz CT molecular complexity index is 845. The summed E-state index contributed by atoms with van der Waals surface area (Å²) in [4.78, 5) is 7.70. The highest BCUT2D eigenvalue weighted by Gasteiger charge is 2.02. The van der Waals surface area contributed by atoms with Gasteiger partial charge < -0.3 is 16.0 Å². The summed E-state index contributed by atoms with van der Waals surface area (Å²) in [6.07, 6.45) is 2.91. The molecule has 0 aliphatic rings. The Labute approximate surface area is 136 Å². The van der Waals surface area contributed by atoms with Gasteiger partial charge in [0.25, 0.3) is 0 Å². The number of aromatic amines is 1. The second-order valence-corrected chi connectivity index (χ2v) is 5.80. The molecule has 118 valence electrons. The minimum Gasteiger partial charge on any atom is -0.370 e. The number of aryl methyl sites for hydroxylation is 2. The third kappa shape index (κ3) is 3.54. The number of hydrogen-bond acceptors (Lipinski definition) is 1. The van der Waals surface area contributed by atoms with Gasteiger partial charge in [0, 0.05) is 29.3 Å². The van der Waals surface area contributed by atoms with Crippen LogP contribution in [0.3, 0.4) is 0 Å². The van der Waals surface area contributed by atoms with E-state index in [1.54, 1.807) is 0 Å². The van der Waals surface area contributed by atoms with Gasteiger partial charge in [-0.2, -0.15) is 0 Å². The summed E-state index contributed by atoms with van der Waals surface area (Å²) < 4.78 is 0. The van der Waals surface area contributed by atoms with E-state index < -0.39 is 0 Å². The number of nitrogens with one attached hydrogen (secondary N) is 2. The number of anilines is 1. The van der Waals surface area contributed by atoms with E-state index in [0.29, 0.717) is 12.5 Å². The summed E-state index contributed by atoms with van der Waals surface area (Å²) in [5, 5.41) is 4.40. The zero-order chi connectivity index (χ0) is 16.2. The molecule has 0 unspecified atom stereocenters. The number of para-hydroxylation sites is 1. The lowest BCUT2D eigenvalue weighted by molar-refractivity contribution is 0.972. The molecule has 4 N–H and O–H groups in total. The number of hydrogen-bond donors (Lipinski definition) is 3. The van der Waals surface area contributed by atoms with E-state index in [-0.39, 0.29) is 0 Å². The van der Waals surface area contributed by atoms with Crippen molar-refractivity contribution in [3.8, 4) is 0 Å². The van der Waals surface area contributed by atoms with Crippen molar-refractivity contribution < 1.29 is 0 Å². The Hall–Kier alpha value is -2.75. The molecule has 2 aromatic carbocycles. The largest absolute Gasteiger partial charge is 0.370 e. The van der Waals surface area contributed by atoms with Crippen LogP contribution in [0.25, 0.3) is 10.9 Å². The number of H-pyrrole nitrogens is 1. The third-order valence-corrected chi connectivity index (χ3v) is 4.12. The molecular formula is C19H22N4. The number of aliphatic imine (C=N–C) groups is 1. The fraction of sp³-hybridized carbons (Fsp3) is 0.211. The first-order valence-corrected chi connectivity index (χ1v) is 7.82. The Morgan fingerprint density at radius 1 is 1.13 bits per heavy atom. The molecule has 0 aliphatic carbocycles. The van der Waals surface area contributed by atoms with E-state index in [1.165, 1.54) is 22.1 Å². The van der Waals surface area contributed by atoms with Crippen LogP contribution in [0.5, 0.6) is 0 Å². The van der Waals surface area contributed by atoms with Gasteiger partial charge in [-0.1, -0.05) is 24.3 Å². The molecule has 0 radical (unpaired) electrons. The average molecular weight is 306 g/mol. The predicted molar refractivity (Wildman–Crippen MR) is 98.0 cm³/mol. The second-order valence-electron chi connectivity index (χ2n) is 5.80. The van der Waals surface area contributed by atoms with E-state index in [0.717, 1.165) is 17.6 Å². The van der Waals surface area contributed by atoms with Gasteiger partial charge in [-0.3, -0.25) is 4.99 Å². The Kier molecular flexibility index (Phi) is 4.33. The monoisotopic (exact) mass is 306 g/mol. The lowest BCUT2D eigenvalue weighted by Gasteiger charge is -2.08. The minimum absolute atomic E-state index is 0.452. The van der Waals surface area contributed by atoms with Gasteiger partial charge in [-0.15, -0.1) is 0 Å². The zero-order valence-corrected chi connectivity index (χ0v) is 13.6. The Morgan fingerprint density at radius 3 is 2.78 bits per heavy atom. The zero-order valence-electron chi connectivity index (χ0n) is 13.6. The highest BCUT2D eigenvalue weighted by atomic mass is 15.1. The van der Waals surface area contributed by atoms with Crippen LogP contribution < -0.4 is 11.1 Å². The highest BCUT2D eigenvalue weighted by Crippen LogP contribution is 2.18. The van der Waals surface area contributed by atoms with Gasteiger partial charge >= 0.3 is 0 Å². The summed E-state index contributed by atoms with van der Waals surface area (Å²) in [6, 6.07) is 14.5. The fourth-order valence-electron chi connectivity index (χ4n) is 2.64. The quantitative estimate of drug-likeness (QED) is 0.507. The highest BCUT2D eigenvalue weighted by molar-refractivity contribution is 5.92. The number of benzene rings is 2. The summed E-state index contributed by atoms with van der Waals surface area (Å²) in [5.74, 6) is 0.452. The summed E-state index contributed by atoms with van der Waals surface area (Å²) in [5.41, 5.74) is 11.9. The third-order valence-electron chi connectivity index (χ3n) is 4.12. The maximum Gasteiger partial charge on any atom is 0.193 e. The van der Waals surface area contributed by atoms with E-state index in [1.807, 2.05) is 18.3 Å². The second kappa shape index (κ2) is 6.57. The van der Waals surface area contributed by atoms with Gasteiger partial charge in [0.1, 0.15) is 0 Å². The molecule has 0 aliphatic heterocycles. The smallest absolute Gasteiger partial charge is 0.193 e. The first-order chi connectivity index (χ1) is 11.1. The molecule has 0 saturated heterocycles. The summed E-state index contributed by atoms with van der Waals surface area (Å²) in [6.45, 7) is 4.84. The molecule has 0 atom stereocenters. The molecule has 4 heteroatoms. The topological polar surface area (TPSA) is 66.2 Å². The molecule has 1 aromatic heterocycles. The van der Waals surface area contributed by atoms with Crippen molar-refractivity contribution >= 4 is 22.5 Å². The van der Waals surface area contributed by atoms with Crippen LogP contribution in [-0.2, 0) is 6.42 Å². The van der Waals surface area contributed by atoms with Crippen LogP contribution in [0.1, 0.15) is 16.7 Å². The lowest BCUT2D eigenvalue weighted by Crippen LogP contribution is -2.23. The predicted octanol–water partition coefficient (Wildman–Crippen LogP) is 3.75. The van der Waals surface area contributed by atoms with Crippen LogP contribution in [0, 0.1) is 13.8 Å². The number of nitrogens with two attached hydrogens (primary N) is 1. The van der Waals surface area contributed by atoms with Gasteiger partial charge in [-0.05, 0) is 55.2 Å². The van der Waals surface area contributed by atoms with E-state index >= 15 is 0 Å². The van der Waals surface area contributed by atoms with Gasteiger partial charge in [0.15, 0.2) is 5.96 Å². The Balaban J connectivity index is 1.62. The van der Waals surface area contributed by atoms with Crippen molar-refractivity contribution in [2.45, 2.75) is 20.3 Å². The lowest BCUT2D eigenvalue weighted by atomic mass is 10.1. The number of aromatic nitrogens is 1. The van der Waals surface area contributed by atoms with Crippen LogP contribution in [0.15, 0.2) is 53.7 Å². The fourth-order valence-corrected chi connectivity index (χ4v) is 2.64. The average Bonchev–Trinajstić information content (AvgIpc) is 2.94. The van der Waals surface area contributed by atoms with Crippen molar-refractivity contribution in [2.24, 2.45) is 10.7 Å². The molecular weight excluding hydrogens is 284 g/mol. The normalized spacial score (nSPS) is 11.8. The van der Waals surface area contributed by atoms with Crippen molar-refractivity contribution in [2.75, 3.05) is 11.9 Å². The molecule has 23 heavy (non-hydrogen) atoms. The standard InChI is InChI=1S/C19H22N4/c1-13-7-8-16(11-14(13)2)23-19(20)21-10-9-15-12-22-18-6-4-3-5-17(15)18/h3-8,11-12,22H,9-10H2,1-2H3,(H3,20,21,23). The maximum atomic E-state index is 5.98. The van der Waals surface area contributed by atoms with Crippen molar-refractivity contribution in [1.29, 1.82) is 0 Å². The SMILES string of the molecule is Cc1ccc(NC(N)=NCCc2c[nH]c3ccccc23)cc1C. The number of nitrogens with zero attached hydrogens (tertiary/aromatic N) is 1. The van der Waals surface area contributed by atoms with E-state index in [9.17, 15) is 0 Å². The number of guanidine groups is 1. The molecule has 0 bridgehead atoms. The first kappa shape index (κ1) is 15.2. The first-order valence-electron chi connectivity index (χ1n) is 7.82. The molecule has 4 nitrogen and oxygen atoms in total. The minimum atomic E-state index is 0.452. The summed E-state index contributed by atoms with van der Waals surface area (Å²) in [7, 11) is 0. The van der Waals surface area contributed by atoms with E-state index in [2.05, 4.69) is 59.5 Å². The Morgan fingerprint density at radius 2 is 1.96 bits per heavy atom. The number of rotatable bonds is 4. The van der Waals surface area contributed by atoms with Crippen molar-refractivity contribution in [3.05, 3.63) is 65.4 Å². The molecule has 0 saturated carbocycles. The van der Waals surface area contributed by atoms with Crippen molar-refractivity contribution in [3.63, 3.8) is 0 Å². The maximum absolute atomic E-state index is 5.98. The summed E-state index contributed by atoms with van der Waals surface area (Å²) >= 11 is 0. The van der Waals surface area contributed by atoms with Crippen LogP contribution in [0.4, 0.5) is 5.69 Å². The molecule has 3 aromatic rings.